The zero-order valence-corrected chi connectivity index (χ0v) is 11.4. The zero-order valence-electron chi connectivity index (χ0n) is 11.4. The van der Waals surface area contributed by atoms with Crippen molar-refractivity contribution in [1.82, 2.24) is 15.3 Å². The maximum atomic E-state index is 4.69. The summed E-state index contributed by atoms with van der Waals surface area (Å²) in [6.45, 7) is 10.7. The van der Waals surface area contributed by atoms with E-state index in [4.69, 9.17) is 0 Å². The van der Waals surface area contributed by atoms with Crippen LogP contribution >= 0.6 is 0 Å². The molecule has 3 heteroatoms. The van der Waals surface area contributed by atoms with Gasteiger partial charge in [0.15, 0.2) is 0 Å². The van der Waals surface area contributed by atoms with Gasteiger partial charge in [-0.2, -0.15) is 0 Å². The van der Waals surface area contributed by atoms with Gasteiger partial charge in [0.1, 0.15) is 5.82 Å². The summed E-state index contributed by atoms with van der Waals surface area (Å²) in [6, 6.07) is 0. The van der Waals surface area contributed by atoms with Crippen LogP contribution in [0.15, 0.2) is 0 Å². The molecule has 0 bridgehead atoms. The van der Waals surface area contributed by atoms with E-state index in [0.29, 0.717) is 5.92 Å². The molecule has 1 aromatic rings. The summed E-state index contributed by atoms with van der Waals surface area (Å²) in [7, 11) is 0. The maximum absolute atomic E-state index is 4.69. The van der Waals surface area contributed by atoms with Crippen molar-refractivity contribution >= 4 is 0 Å². The molecule has 94 valence electrons. The van der Waals surface area contributed by atoms with Crippen LogP contribution in [0.3, 0.4) is 0 Å². The minimum Gasteiger partial charge on any atom is -0.317 e. The van der Waals surface area contributed by atoms with Crippen molar-refractivity contribution in [3.05, 3.63) is 22.8 Å². The highest BCUT2D eigenvalue weighted by atomic mass is 14.9. The Morgan fingerprint density at radius 2 is 1.82 bits per heavy atom. The van der Waals surface area contributed by atoms with Gasteiger partial charge in [-0.1, -0.05) is 13.8 Å². The van der Waals surface area contributed by atoms with Crippen LogP contribution < -0.4 is 5.32 Å². The van der Waals surface area contributed by atoms with Crippen LogP contribution in [0.2, 0.25) is 0 Å². The van der Waals surface area contributed by atoms with Gasteiger partial charge < -0.3 is 5.32 Å². The SMILES string of the molecule is CCNCCc1c(C)nc(C2CC2C)nc1C. The molecule has 2 rings (SSSR count). The average molecular weight is 233 g/mol. The lowest BCUT2D eigenvalue weighted by Gasteiger charge is -2.11. The second-order valence-corrected chi connectivity index (χ2v) is 5.15. The van der Waals surface area contributed by atoms with E-state index in [0.717, 1.165) is 31.3 Å². The van der Waals surface area contributed by atoms with Crippen molar-refractivity contribution in [1.29, 1.82) is 0 Å². The Bertz CT molecular complexity index is 377. The minimum absolute atomic E-state index is 0.621. The van der Waals surface area contributed by atoms with E-state index in [1.807, 2.05) is 0 Å². The van der Waals surface area contributed by atoms with E-state index < -0.39 is 0 Å². The Balaban J connectivity index is 2.11. The van der Waals surface area contributed by atoms with Gasteiger partial charge in [0.05, 0.1) is 0 Å². The normalized spacial score (nSPS) is 22.8. The number of hydrogen-bond acceptors (Lipinski definition) is 3. The molecular formula is C14H23N3. The van der Waals surface area contributed by atoms with Gasteiger partial charge in [0.25, 0.3) is 0 Å². The Kier molecular flexibility index (Phi) is 3.77. The van der Waals surface area contributed by atoms with E-state index in [2.05, 4.69) is 43.0 Å². The largest absolute Gasteiger partial charge is 0.317 e. The predicted molar refractivity (Wildman–Crippen MR) is 70.3 cm³/mol. The van der Waals surface area contributed by atoms with Crippen LogP contribution in [0.1, 0.15) is 49.0 Å². The number of rotatable bonds is 5. The molecule has 0 aliphatic heterocycles. The molecule has 0 saturated heterocycles. The number of likely N-dealkylation sites (N-methyl/N-ethyl adjacent to an activating group) is 1. The second-order valence-electron chi connectivity index (χ2n) is 5.15. The topological polar surface area (TPSA) is 37.8 Å². The fraction of sp³-hybridized carbons (Fsp3) is 0.714. The summed E-state index contributed by atoms with van der Waals surface area (Å²) in [5.74, 6) is 2.47. The summed E-state index contributed by atoms with van der Waals surface area (Å²) >= 11 is 0. The van der Waals surface area contributed by atoms with Gasteiger partial charge >= 0.3 is 0 Å². The molecule has 1 N–H and O–H groups in total. The molecule has 0 spiro atoms. The highest BCUT2D eigenvalue weighted by Gasteiger charge is 2.36. The molecule has 1 heterocycles. The van der Waals surface area contributed by atoms with Gasteiger partial charge in [-0.15, -0.1) is 0 Å². The first-order chi connectivity index (χ1) is 8.13. The average Bonchev–Trinajstić information content (AvgIpc) is 2.99. The van der Waals surface area contributed by atoms with Crippen LogP contribution in [0, 0.1) is 19.8 Å². The summed E-state index contributed by atoms with van der Waals surface area (Å²) < 4.78 is 0. The van der Waals surface area contributed by atoms with Crippen molar-refractivity contribution < 1.29 is 0 Å². The Hall–Kier alpha value is -0.960. The van der Waals surface area contributed by atoms with Gasteiger partial charge in [-0.3, -0.25) is 0 Å². The molecule has 0 amide bonds. The molecule has 1 aromatic heterocycles. The highest BCUT2D eigenvalue weighted by molar-refractivity contribution is 5.26. The monoisotopic (exact) mass is 233 g/mol. The van der Waals surface area contributed by atoms with Crippen molar-refractivity contribution in [3.63, 3.8) is 0 Å². The first-order valence-electron chi connectivity index (χ1n) is 6.68. The van der Waals surface area contributed by atoms with Crippen LogP contribution in [0.4, 0.5) is 0 Å². The standard InChI is InChI=1S/C14H23N3/c1-5-15-7-6-12-10(3)16-14(17-11(12)4)13-8-9(13)2/h9,13,15H,5-8H2,1-4H3. The first kappa shape index (κ1) is 12.5. The minimum atomic E-state index is 0.621. The fourth-order valence-corrected chi connectivity index (χ4v) is 2.37. The summed E-state index contributed by atoms with van der Waals surface area (Å²) in [4.78, 5) is 9.37. The number of hydrogen-bond donors (Lipinski definition) is 1. The Morgan fingerprint density at radius 3 is 2.29 bits per heavy atom. The molecule has 17 heavy (non-hydrogen) atoms. The molecule has 2 unspecified atom stereocenters. The lowest BCUT2D eigenvalue weighted by atomic mass is 10.1. The predicted octanol–water partition coefficient (Wildman–Crippen LogP) is 2.37. The van der Waals surface area contributed by atoms with E-state index in [1.54, 1.807) is 0 Å². The molecule has 1 aliphatic rings. The molecule has 0 radical (unpaired) electrons. The lowest BCUT2D eigenvalue weighted by molar-refractivity contribution is 0.703. The van der Waals surface area contributed by atoms with Crippen molar-refractivity contribution in [2.75, 3.05) is 13.1 Å². The molecule has 1 fully saturated rings. The van der Waals surface area contributed by atoms with Gasteiger partial charge in [-0.25, -0.2) is 9.97 Å². The smallest absolute Gasteiger partial charge is 0.132 e. The van der Waals surface area contributed by atoms with E-state index in [1.165, 1.54) is 23.4 Å². The molecule has 1 saturated carbocycles. The number of nitrogens with one attached hydrogen (secondary N) is 1. The lowest BCUT2D eigenvalue weighted by Crippen LogP contribution is -2.18. The summed E-state index contributed by atoms with van der Waals surface area (Å²) in [6.07, 6.45) is 2.29. The molecular weight excluding hydrogens is 210 g/mol. The fourth-order valence-electron chi connectivity index (χ4n) is 2.37. The van der Waals surface area contributed by atoms with Crippen molar-refractivity contribution in [2.24, 2.45) is 5.92 Å². The summed E-state index contributed by atoms with van der Waals surface area (Å²) in [5.41, 5.74) is 3.66. The Labute approximate surface area is 104 Å². The van der Waals surface area contributed by atoms with Crippen molar-refractivity contribution in [3.8, 4) is 0 Å². The number of aryl methyl sites for hydroxylation is 2. The molecule has 0 aromatic carbocycles. The third-order valence-corrected chi connectivity index (χ3v) is 3.68. The number of aromatic nitrogens is 2. The third-order valence-electron chi connectivity index (χ3n) is 3.68. The zero-order chi connectivity index (χ0) is 12.4. The van der Waals surface area contributed by atoms with Crippen LogP contribution in [0.5, 0.6) is 0 Å². The highest BCUT2D eigenvalue weighted by Crippen LogP contribution is 2.45. The van der Waals surface area contributed by atoms with Crippen molar-refractivity contribution in [2.45, 2.75) is 46.5 Å². The van der Waals surface area contributed by atoms with Gasteiger partial charge in [-0.05, 0) is 51.3 Å². The molecule has 1 aliphatic carbocycles. The maximum Gasteiger partial charge on any atom is 0.132 e. The van der Waals surface area contributed by atoms with Gasteiger partial charge in [0, 0.05) is 17.3 Å². The van der Waals surface area contributed by atoms with E-state index in [-0.39, 0.29) is 0 Å². The van der Waals surface area contributed by atoms with Crippen LogP contribution in [-0.4, -0.2) is 23.1 Å². The van der Waals surface area contributed by atoms with Crippen LogP contribution in [0.25, 0.3) is 0 Å². The van der Waals surface area contributed by atoms with E-state index >= 15 is 0 Å². The van der Waals surface area contributed by atoms with E-state index in [9.17, 15) is 0 Å². The second kappa shape index (κ2) is 5.13. The Morgan fingerprint density at radius 1 is 1.24 bits per heavy atom. The first-order valence-corrected chi connectivity index (χ1v) is 6.68. The molecule has 2 atom stereocenters. The van der Waals surface area contributed by atoms with Crippen LogP contribution in [-0.2, 0) is 6.42 Å². The molecule has 3 nitrogen and oxygen atoms in total. The number of nitrogens with zero attached hydrogens (tertiary/aromatic N) is 2. The van der Waals surface area contributed by atoms with Gasteiger partial charge in [0.2, 0.25) is 0 Å². The third kappa shape index (κ3) is 2.83. The quantitative estimate of drug-likeness (QED) is 0.793. The summed E-state index contributed by atoms with van der Waals surface area (Å²) in [5, 5.41) is 3.35.